The minimum atomic E-state index is 0.115. The second kappa shape index (κ2) is 6.32. The zero-order chi connectivity index (χ0) is 12.8. The van der Waals surface area contributed by atoms with E-state index in [-0.39, 0.29) is 5.54 Å². The van der Waals surface area contributed by atoms with Crippen LogP contribution in [0, 0.1) is 0 Å². The van der Waals surface area contributed by atoms with Gasteiger partial charge in [0.05, 0.1) is 17.4 Å². The maximum atomic E-state index is 4.27. The Bertz CT molecular complexity index is 350. The zero-order valence-corrected chi connectivity index (χ0v) is 11.8. The monoisotopic (exact) mass is 250 g/mol. The van der Waals surface area contributed by atoms with Crippen LogP contribution in [0.3, 0.4) is 0 Å². The molecule has 0 spiro atoms. The van der Waals surface area contributed by atoms with Gasteiger partial charge in [0.2, 0.25) is 0 Å². The zero-order valence-electron chi connectivity index (χ0n) is 11.8. The van der Waals surface area contributed by atoms with E-state index < -0.39 is 0 Å². The van der Waals surface area contributed by atoms with Crippen molar-refractivity contribution in [2.24, 2.45) is 0 Å². The molecule has 1 aromatic heterocycles. The Labute approximate surface area is 110 Å². The van der Waals surface area contributed by atoms with Crippen molar-refractivity contribution in [3.63, 3.8) is 0 Å². The number of nitrogens with zero attached hydrogens (tertiary/aromatic N) is 3. The fourth-order valence-electron chi connectivity index (χ4n) is 3.14. The van der Waals surface area contributed by atoms with Crippen LogP contribution in [0.2, 0.25) is 0 Å². The van der Waals surface area contributed by atoms with Crippen molar-refractivity contribution in [1.29, 1.82) is 0 Å². The molecule has 1 atom stereocenters. The molecule has 1 aromatic rings. The van der Waals surface area contributed by atoms with Gasteiger partial charge in [-0.2, -0.15) is 0 Å². The van der Waals surface area contributed by atoms with Gasteiger partial charge in [-0.15, -0.1) is 5.10 Å². The van der Waals surface area contributed by atoms with E-state index in [1.807, 2.05) is 6.20 Å². The van der Waals surface area contributed by atoms with Gasteiger partial charge < -0.3 is 5.32 Å². The first-order chi connectivity index (χ1) is 8.82. The van der Waals surface area contributed by atoms with Crippen LogP contribution in [0.25, 0.3) is 0 Å². The molecule has 102 valence electrons. The van der Waals surface area contributed by atoms with E-state index in [2.05, 4.69) is 34.2 Å². The number of rotatable bonds is 5. The largest absolute Gasteiger partial charge is 0.306 e. The van der Waals surface area contributed by atoms with Crippen molar-refractivity contribution < 1.29 is 0 Å². The van der Waals surface area contributed by atoms with Crippen molar-refractivity contribution in [2.45, 2.75) is 70.9 Å². The summed E-state index contributed by atoms with van der Waals surface area (Å²) in [5.74, 6) is 0. The highest BCUT2D eigenvalue weighted by molar-refractivity contribution is 5.13. The van der Waals surface area contributed by atoms with Gasteiger partial charge in [-0.3, -0.25) is 0 Å². The molecule has 1 unspecified atom stereocenters. The van der Waals surface area contributed by atoms with Crippen LogP contribution in [-0.2, 0) is 12.1 Å². The van der Waals surface area contributed by atoms with Crippen LogP contribution in [-0.4, -0.2) is 21.5 Å². The van der Waals surface area contributed by atoms with E-state index in [4.69, 9.17) is 0 Å². The molecule has 1 aliphatic rings. The maximum Gasteiger partial charge on any atom is 0.0787 e. The lowest BCUT2D eigenvalue weighted by molar-refractivity contribution is 0.273. The second-order valence-corrected chi connectivity index (χ2v) is 5.41. The summed E-state index contributed by atoms with van der Waals surface area (Å²) in [6.45, 7) is 6.56. The summed E-state index contributed by atoms with van der Waals surface area (Å²) in [5.41, 5.74) is 1.41. The molecule has 0 aliphatic carbocycles. The van der Waals surface area contributed by atoms with E-state index in [1.54, 1.807) is 0 Å². The number of hydrogen-bond acceptors (Lipinski definition) is 3. The molecule has 0 radical (unpaired) electrons. The highest BCUT2D eigenvalue weighted by Gasteiger charge is 2.34. The molecule has 0 saturated carbocycles. The Hall–Kier alpha value is -0.900. The normalized spacial score (nSPS) is 25.0. The van der Waals surface area contributed by atoms with E-state index in [0.29, 0.717) is 0 Å². The predicted octanol–water partition coefficient (Wildman–Crippen LogP) is 2.85. The molecule has 4 heteroatoms. The van der Waals surface area contributed by atoms with Crippen LogP contribution in [0.4, 0.5) is 0 Å². The summed E-state index contributed by atoms with van der Waals surface area (Å²) in [5, 5.41) is 12.2. The minimum absolute atomic E-state index is 0.115. The average Bonchev–Trinajstić information content (AvgIpc) is 2.70. The highest BCUT2D eigenvalue weighted by atomic mass is 15.4. The summed E-state index contributed by atoms with van der Waals surface area (Å²) < 4.78 is 2.11. The number of nitrogens with one attached hydrogen (secondary N) is 1. The lowest BCUT2D eigenvalue weighted by Crippen LogP contribution is -2.43. The fraction of sp³-hybridized carbons (Fsp3) is 0.857. The van der Waals surface area contributed by atoms with E-state index in [1.165, 1.54) is 44.2 Å². The summed E-state index contributed by atoms with van der Waals surface area (Å²) in [6, 6.07) is 0. The number of aryl methyl sites for hydroxylation is 1. The molecule has 2 heterocycles. The summed E-state index contributed by atoms with van der Waals surface area (Å²) >= 11 is 0. The minimum Gasteiger partial charge on any atom is -0.306 e. The highest BCUT2D eigenvalue weighted by Crippen LogP contribution is 2.33. The molecule has 2 rings (SSSR count). The molecule has 0 bridgehead atoms. The van der Waals surface area contributed by atoms with Crippen LogP contribution in [0.1, 0.15) is 64.5 Å². The van der Waals surface area contributed by atoms with Crippen molar-refractivity contribution in [1.82, 2.24) is 20.3 Å². The summed E-state index contributed by atoms with van der Waals surface area (Å²) in [4.78, 5) is 0. The van der Waals surface area contributed by atoms with Crippen molar-refractivity contribution >= 4 is 0 Å². The third kappa shape index (κ3) is 2.74. The lowest BCUT2D eigenvalue weighted by atomic mass is 9.85. The molecule has 1 fully saturated rings. The molecule has 0 aromatic carbocycles. The average molecular weight is 250 g/mol. The van der Waals surface area contributed by atoms with Crippen molar-refractivity contribution in [3.8, 4) is 0 Å². The van der Waals surface area contributed by atoms with Gasteiger partial charge in [0, 0.05) is 6.54 Å². The molecule has 1 aliphatic heterocycles. The van der Waals surface area contributed by atoms with Gasteiger partial charge in [-0.25, -0.2) is 4.68 Å². The van der Waals surface area contributed by atoms with Gasteiger partial charge in [0.25, 0.3) is 0 Å². The van der Waals surface area contributed by atoms with Crippen molar-refractivity contribution in [2.75, 3.05) is 6.54 Å². The van der Waals surface area contributed by atoms with Crippen LogP contribution >= 0.6 is 0 Å². The first kappa shape index (κ1) is 13.5. The molecule has 1 N–H and O–H groups in total. The standard InChI is InChI=1S/C14H26N4/c1-3-8-14(9-6-5-7-10-15-14)13-12-16-17-18(13)11-4-2/h12,15H,3-11H2,1-2H3. The quantitative estimate of drug-likeness (QED) is 0.874. The van der Waals surface area contributed by atoms with Gasteiger partial charge in [0.1, 0.15) is 0 Å². The summed E-state index contributed by atoms with van der Waals surface area (Å²) in [7, 11) is 0. The predicted molar refractivity (Wildman–Crippen MR) is 73.4 cm³/mol. The first-order valence-electron chi connectivity index (χ1n) is 7.46. The van der Waals surface area contributed by atoms with E-state index in [9.17, 15) is 0 Å². The van der Waals surface area contributed by atoms with Crippen molar-refractivity contribution in [3.05, 3.63) is 11.9 Å². The lowest BCUT2D eigenvalue weighted by Gasteiger charge is -2.33. The van der Waals surface area contributed by atoms with Crippen LogP contribution in [0.5, 0.6) is 0 Å². The van der Waals surface area contributed by atoms with E-state index >= 15 is 0 Å². The van der Waals surface area contributed by atoms with Gasteiger partial charge in [-0.05, 0) is 32.2 Å². The number of hydrogen-bond donors (Lipinski definition) is 1. The van der Waals surface area contributed by atoms with Crippen LogP contribution < -0.4 is 5.32 Å². The Morgan fingerprint density at radius 1 is 1.28 bits per heavy atom. The topological polar surface area (TPSA) is 42.7 Å². The Kier molecular flexibility index (Phi) is 4.75. The Morgan fingerprint density at radius 3 is 2.94 bits per heavy atom. The Morgan fingerprint density at radius 2 is 2.17 bits per heavy atom. The Balaban J connectivity index is 2.29. The maximum absolute atomic E-state index is 4.27. The van der Waals surface area contributed by atoms with Gasteiger partial charge >= 0.3 is 0 Å². The molecule has 0 amide bonds. The molecule has 1 saturated heterocycles. The van der Waals surface area contributed by atoms with Gasteiger partial charge in [0.15, 0.2) is 0 Å². The third-order valence-corrected chi connectivity index (χ3v) is 3.96. The first-order valence-corrected chi connectivity index (χ1v) is 7.46. The smallest absolute Gasteiger partial charge is 0.0787 e. The van der Waals surface area contributed by atoms with E-state index in [0.717, 1.165) is 19.5 Å². The fourth-order valence-corrected chi connectivity index (χ4v) is 3.14. The molecular weight excluding hydrogens is 224 g/mol. The molecule has 18 heavy (non-hydrogen) atoms. The molecular formula is C14H26N4. The number of aromatic nitrogens is 3. The molecule has 4 nitrogen and oxygen atoms in total. The second-order valence-electron chi connectivity index (χ2n) is 5.41. The van der Waals surface area contributed by atoms with Crippen LogP contribution in [0.15, 0.2) is 6.20 Å². The van der Waals surface area contributed by atoms with Gasteiger partial charge in [-0.1, -0.05) is 38.3 Å². The SMILES string of the molecule is CCCn1nncc1C1(CCC)CCCCCN1. The summed E-state index contributed by atoms with van der Waals surface area (Å²) in [6.07, 6.45) is 10.6. The third-order valence-electron chi connectivity index (χ3n) is 3.96.